The van der Waals surface area contributed by atoms with Gasteiger partial charge < -0.3 is 10.0 Å². The second-order valence-corrected chi connectivity index (χ2v) is 2.75. The van der Waals surface area contributed by atoms with E-state index in [-0.39, 0.29) is 5.91 Å². The van der Waals surface area contributed by atoms with Gasteiger partial charge in [0.2, 0.25) is 5.91 Å². The van der Waals surface area contributed by atoms with Gasteiger partial charge in [-0.25, -0.2) is 15.6 Å². The van der Waals surface area contributed by atoms with Crippen LogP contribution >= 0.6 is 0 Å². The maximum Gasteiger partial charge on any atom is 0.422 e. The van der Waals surface area contributed by atoms with Crippen molar-refractivity contribution in [3.63, 3.8) is 0 Å². The maximum absolute atomic E-state index is 11.2. The molecule has 6 heteroatoms. The van der Waals surface area contributed by atoms with Crippen molar-refractivity contribution >= 4 is 12.0 Å². The number of hydrogen-bond acceptors (Lipinski definition) is 3. The summed E-state index contributed by atoms with van der Waals surface area (Å²) in [5, 5.41) is 9.04. The second kappa shape index (κ2) is 2.98. The summed E-state index contributed by atoms with van der Waals surface area (Å²) in [6.07, 6.45) is -0.804. The third-order valence-electron chi connectivity index (χ3n) is 1.96. The minimum absolute atomic E-state index is 0.236. The molecule has 2 amide bonds. The molecule has 0 radical (unpaired) electrons. The van der Waals surface area contributed by atoms with E-state index in [9.17, 15) is 9.59 Å². The molecule has 1 rings (SSSR count). The predicted molar refractivity (Wildman–Crippen MR) is 40.1 cm³/mol. The van der Waals surface area contributed by atoms with Crippen molar-refractivity contribution in [1.82, 2.24) is 9.91 Å². The number of hydrazine groups is 1. The summed E-state index contributed by atoms with van der Waals surface area (Å²) in [5.41, 5.74) is 0. The molecular formula is C6H11N3O3. The second-order valence-electron chi connectivity index (χ2n) is 2.75. The Bertz CT molecular complexity index is 218. The van der Waals surface area contributed by atoms with Crippen LogP contribution in [0.1, 0.15) is 6.42 Å². The van der Waals surface area contributed by atoms with E-state index in [4.69, 9.17) is 10.9 Å². The number of likely N-dealkylation sites (N-methyl/N-ethyl adjacent to an activating group) is 1. The van der Waals surface area contributed by atoms with Gasteiger partial charge in [0.1, 0.15) is 6.04 Å². The van der Waals surface area contributed by atoms with E-state index in [2.05, 4.69) is 0 Å². The number of nitrogens with two attached hydrogens (primary N) is 1. The van der Waals surface area contributed by atoms with Gasteiger partial charge in [0.15, 0.2) is 0 Å². The first-order chi connectivity index (χ1) is 5.54. The van der Waals surface area contributed by atoms with E-state index in [0.717, 1.165) is 0 Å². The number of nitrogens with zero attached hydrogens (tertiary/aromatic N) is 2. The highest BCUT2D eigenvalue weighted by atomic mass is 16.4. The Morgan fingerprint density at radius 2 is 2.42 bits per heavy atom. The van der Waals surface area contributed by atoms with E-state index in [1.165, 1.54) is 4.90 Å². The van der Waals surface area contributed by atoms with Crippen molar-refractivity contribution in [2.24, 2.45) is 5.84 Å². The molecule has 0 aromatic rings. The minimum atomic E-state index is -1.27. The van der Waals surface area contributed by atoms with E-state index >= 15 is 0 Å². The van der Waals surface area contributed by atoms with Crippen LogP contribution in [0.3, 0.4) is 0 Å². The third-order valence-corrected chi connectivity index (χ3v) is 1.96. The normalized spacial score (nSPS) is 23.0. The Morgan fingerprint density at radius 3 is 2.75 bits per heavy atom. The molecule has 1 fully saturated rings. The Labute approximate surface area is 69.5 Å². The van der Waals surface area contributed by atoms with Crippen LogP contribution in [0, 0.1) is 0 Å². The summed E-state index contributed by atoms with van der Waals surface area (Å²) >= 11 is 0. The fourth-order valence-corrected chi connectivity index (χ4v) is 1.20. The molecule has 0 spiro atoms. The van der Waals surface area contributed by atoms with Gasteiger partial charge in [0.25, 0.3) is 0 Å². The lowest BCUT2D eigenvalue weighted by Gasteiger charge is -2.18. The van der Waals surface area contributed by atoms with Gasteiger partial charge in [-0.15, -0.1) is 0 Å². The Hall–Kier alpha value is -1.30. The summed E-state index contributed by atoms with van der Waals surface area (Å²) in [5.74, 6) is 4.92. The molecule has 12 heavy (non-hydrogen) atoms. The molecule has 6 nitrogen and oxygen atoms in total. The molecule has 0 aromatic carbocycles. The zero-order chi connectivity index (χ0) is 9.30. The topological polar surface area (TPSA) is 86.9 Å². The Balaban J connectivity index is 2.65. The number of amides is 2. The van der Waals surface area contributed by atoms with Crippen LogP contribution in [-0.2, 0) is 4.79 Å². The van der Waals surface area contributed by atoms with Gasteiger partial charge in [0, 0.05) is 13.6 Å². The van der Waals surface area contributed by atoms with Crippen LogP contribution in [-0.4, -0.2) is 46.7 Å². The van der Waals surface area contributed by atoms with Crippen molar-refractivity contribution < 1.29 is 14.7 Å². The lowest BCUT2D eigenvalue weighted by Crippen LogP contribution is -2.48. The first kappa shape index (κ1) is 8.79. The molecular weight excluding hydrogens is 162 g/mol. The summed E-state index contributed by atoms with van der Waals surface area (Å²) in [7, 11) is 1.62. The average Bonchev–Trinajstić information content (AvgIpc) is 2.32. The van der Waals surface area contributed by atoms with Crippen LogP contribution < -0.4 is 5.84 Å². The van der Waals surface area contributed by atoms with Crippen molar-refractivity contribution in [3.05, 3.63) is 0 Å². The first-order valence-electron chi connectivity index (χ1n) is 3.56. The van der Waals surface area contributed by atoms with Crippen LogP contribution in [0.15, 0.2) is 0 Å². The highest BCUT2D eigenvalue weighted by molar-refractivity contribution is 5.86. The maximum atomic E-state index is 11.2. The van der Waals surface area contributed by atoms with Crippen molar-refractivity contribution in [1.29, 1.82) is 0 Å². The van der Waals surface area contributed by atoms with Crippen LogP contribution in [0.2, 0.25) is 0 Å². The fraction of sp³-hybridized carbons (Fsp3) is 0.667. The zero-order valence-electron chi connectivity index (χ0n) is 6.73. The molecule has 68 valence electrons. The predicted octanol–water partition coefficient (Wildman–Crippen LogP) is -0.929. The first-order valence-corrected chi connectivity index (χ1v) is 3.56. The molecule has 0 aromatic heterocycles. The third kappa shape index (κ3) is 1.33. The van der Waals surface area contributed by atoms with E-state index in [1.807, 2.05) is 0 Å². The number of likely N-dealkylation sites (tertiary alicyclic amines) is 1. The lowest BCUT2D eigenvalue weighted by atomic mass is 10.2. The number of carboxylic acid groups (broad SMARTS) is 1. The molecule has 3 N–H and O–H groups in total. The van der Waals surface area contributed by atoms with Gasteiger partial charge in [0.05, 0.1) is 0 Å². The van der Waals surface area contributed by atoms with Crippen LogP contribution in [0.5, 0.6) is 0 Å². The largest absolute Gasteiger partial charge is 0.464 e. The standard InChI is InChI=1S/C6H11N3O3/c1-8-3-2-4(5(8)10)9(7)6(11)12/h4H,2-3,7H2,1H3,(H,11,12)/t4-/m0/s1. The number of carbonyl (C=O) groups excluding carboxylic acids is 1. The monoisotopic (exact) mass is 173 g/mol. The number of rotatable bonds is 1. The Morgan fingerprint density at radius 1 is 1.83 bits per heavy atom. The highest BCUT2D eigenvalue weighted by Crippen LogP contribution is 2.12. The molecule has 0 bridgehead atoms. The molecule has 1 atom stereocenters. The van der Waals surface area contributed by atoms with E-state index in [0.29, 0.717) is 18.0 Å². The van der Waals surface area contributed by atoms with Crippen LogP contribution in [0.25, 0.3) is 0 Å². The smallest absolute Gasteiger partial charge is 0.422 e. The molecule has 1 heterocycles. The molecule has 1 aliphatic rings. The molecule has 0 saturated carbocycles. The van der Waals surface area contributed by atoms with E-state index < -0.39 is 12.1 Å². The molecule has 1 saturated heterocycles. The molecule has 1 aliphatic heterocycles. The highest BCUT2D eigenvalue weighted by Gasteiger charge is 2.35. The van der Waals surface area contributed by atoms with Crippen molar-refractivity contribution in [2.75, 3.05) is 13.6 Å². The minimum Gasteiger partial charge on any atom is -0.464 e. The summed E-state index contributed by atoms with van der Waals surface area (Å²) in [6.45, 7) is 0.560. The summed E-state index contributed by atoms with van der Waals surface area (Å²) in [4.78, 5) is 23.0. The van der Waals surface area contributed by atoms with Gasteiger partial charge in [-0.05, 0) is 6.42 Å². The quantitative estimate of drug-likeness (QED) is 0.304. The fourth-order valence-electron chi connectivity index (χ4n) is 1.20. The van der Waals surface area contributed by atoms with Crippen molar-refractivity contribution in [2.45, 2.75) is 12.5 Å². The molecule has 0 aliphatic carbocycles. The van der Waals surface area contributed by atoms with Gasteiger partial charge in [-0.2, -0.15) is 0 Å². The lowest BCUT2D eigenvalue weighted by molar-refractivity contribution is -0.130. The van der Waals surface area contributed by atoms with Gasteiger partial charge in [-0.1, -0.05) is 0 Å². The summed E-state index contributed by atoms with van der Waals surface area (Å²) in [6, 6.07) is -0.701. The van der Waals surface area contributed by atoms with Crippen molar-refractivity contribution in [3.8, 4) is 0 Å². The van der Waals surface area contributed by atoms with Gasteiger partial charge in [-0.3, -0.25) is 4.79 Å². The average molecular weight is 173 g/mol. The van der Waals surface area contributed by atoms with E-state index in [1.54, 1.807) is 7.05 Å². The SMILES string of the molecule is CN1CC[C@H](N(N)C(=O)O)C1=O. The number of carbonyl (C=O) groups is 2. The van der Waals surface area contributed by atoms with Gasteiger partial charge >= 0.3 is 6.09 Å². The zero-order valence-corrected chi connectivity index (χ0v) is 6.73. The Kier molecular flexibility index (Phi) is 2.18. The van der Waals surface area contributed by atoms with Crippen LogP contribution in [0.4, 0.5) is 4.79 Å². The number of hydrogen-bond donors (Lipinski definition) is 2. The summed E-state index contributed by atoms with van der Waals surface area (Å²) < 4.78 is 0. The molecule has 0 unspecified atom stereocenters.